The van der Waals surface area contributed by atoms with Crippen molar-refractivity contribution in [3.05, 3.63) is 53.3 Å². The summed E-state index contributed by atoms with van der Waals surface area (Å²) in [5.74, 6) is -1.65. The molecule has 182 valence electrons. The summed E-state index contributed by atoms with van der Waals surface area (Å²) in [5, 5.41) is 0. The molecular formula is C29H39F3O. The molecule has 0 aliphatic heterocycles. The average Bonchev–Trinajstić information content (AvgIpc) is 2.82. The summed E-state index contributed by atoms with van der Waals surface area (Å²) in [5.41, 5.74) is 0.988. The lowest BCUT2D eigenvalue weighted by atomic mass is 9.77. The summed E-state index contributed by atoms with van der Waals surface area (Å²) in [6.45, 7) is 4.19. The van der Waals surface area contributed by atoms with Crippen LogP contribution in [0.3, 0.4) is 0 Å². The first-order chi connectivity index (χ1) is 16.0. The van der Waals surface area contributed by atoms with E-state index < -0.39 is 17.5 Å². The van der Waals surface area contributed by atoms with E-state index >= 15 is 0 Å². The van der Waals surface area contributed by atoms with Crippen LogP contribution in [-0.4, -0.2) is 6.61 Å². The molecule has 1 fully saturated rings. The lowest BCUT2D eigenvalue weighted by molar-refractivity contribution is 0.301. The molecule has 0 atom stereocenters. The molecule has 2 aromatic carbocycles. The Morgan fingerprint density at radius 2 is 1.42 bits per heavy atom. The second-order valence-corrected chi connectivity index (χ2v) is 9.54. The van der Waals surface area contributed by atoms with Crippen molar-refractivity contribution < 1.29 is 17.9 Å². The van der Waals surface area contributed by atoms with Crippen LogP contribution in [-0.2, 0) is 0 Å². The highest BCUT2D eigenvalue weighted by atomic mass is 19.2. The van der Waals surface area contributed by atoms with Gasteiger partial charge in [0.1, 0.15) is 5.82 Å². The maximum Gasteiger partial charge on any atom is 0.201 e. The van der Waals surface area contributed by atoms with Gasteiger partial charge in [-0.2, -0.15) is 4.39 Å². The van der Waals surface area contributed by atoms with E-state index in [1.807, 2.05) is 6.07 Å². The van der Waals surface area contributed by atoms with Crippen molar-refractivity contribution >= 4 is 0 Å². The number of benzene rings is 2. The SMILES string of the molecule is CCCCCCCCCC1CCC(c2ccc(-c3ccc(OCC)c(F)c3F)c(F)c2)CC1. The van der Waals surface area contributed by atoms with Crippen LogP contribution >= 0.6 is 0 Å². The molecule has 3 rings (SSSR count). The van der Waals surface area contributed by atoms with Crippen LogP contribution in [0, 0.1) is 23.4 Å². The van der Waals surface area contributed by atoms with Gasteiger partial charge in [0.05, 0.1) is 6.61 Å². The zero-order valence-electron chi connectivity index (χ0n) is 20.3. The number of hydrogen-bond acceptors (Lipinski definition) is 1. The van der Waals surface area contributed by atoms with E-state index in [4.69, 9.17) is 4.74 Å². The van der Waals surface area contributed by atoms with Gasteiger partial charge in [-0.15, -0.1) is 0 Å². The van der Waals surface area contributed by atoms with Crippen molar-refractivity contribution in [2.24, 2.45) is 5.92 Å². The summed E-state index contributed by atoms with van der Waals surface area (Å²) in [7, 11) is 0. The summed E-state index contributed by atoms with van der Waals surface area (Å²) in [6, 6.07) is 7.74. The molecular weight excluding hydrogens is 421 g/mol. The Morgan fingerprint density at radius 1 is 0.758 bits per heavy atom. The quantitative estimate of drug-likeness (QED) is 0.287. The van der Waals surface area contributed by atoms with Crippen LogP contribution < -0.4 is 4.74 Å². The predicted octanol–water partition coefficient (Wildman–Crippen LogP) is 9.58. The summed E-state index contributed by atoms with van der Waals surface area (Å²) >= 11 is 0. The number of ether oxygens (including phenoxy) is 1. The van der Waals surface area contributed by atoms with Gasteiger partial charge >= 0.3 is 0 Å². The monoisotopic (exact) mass is 460 g/mol. The van der Waals surface area contributed by atoms with Crippen molar-refractivity contribution in [1.82, 2.24) is 0 Å². The third-order valence-corrected chi connectivity index (χ3v) is 7.16. The van der Waals surface area contributed by atoms with Gasteiger partial charge in [-0.25, -0.2) is 8.78 Å². The molecule has 4 heteroatoms. The molecule has 1 aliphatic rings. The molecule has 1 aliphatic carbocycles. The van der Waals surface area contributed by atoms with Gasteiger partial charge in [0.25, 0.3) is 0 Å². The number of unbranched alkanes of at least 4 members (excludes halogenated alkanes) is 6. The Balaban J connectivity index is 1.52. The van der Waals surface area contributed by atoms with Gasteiger partial charge in [-0.05, 0) is 68.2 Å². The Hall–Kier alpha value is -1.97. The first-order valence-corrected chi connectivity index (χ1v) is 13.0. The van der Waals surface area contributed by atoms with Crippen molar-refractivity contribution in [3.8, 4) is 16.9 Å². The zero-order valence-corrected chi connectivity index (χ0v) is 20.3. The van der Waals surface area contributed by atoms with Gasteiger partial charge in [-0.3, -0.25) is 0 Å². The third kappa shape index (κ3) is 7.01. The van der Waals surface area contributed by atoms with Crippen molar-refractivity contribution in [3.63, 3.8) is 0 Å². The van der Waals surface area contributed by atoms with Crippen LogP contribution in [0.1, 0.15) is 102 Å². The summed E-state index contributed by atoms with van der Waals surface area (Å²) < 4.78 is 48.8. The fourth-order valence-corrected chi connectivity index (χ4v) is 5.19. The molecule has 0 radical (unpaired) electrons. The van der Waals surface area contributed by atoms with Crippen LogP contribution in [0.4, 0.5) is 13.2 Å². The molecule has 2 aromatic rings. The Kier molecular flexibility index (Phi) is 10.1. The van der Waals surface area contributed by atoms with E-state index in [9.17, 15) is 13.2 Å². The lowest BCUT2D eigenvalue weighted by Crippen LogP contribution is -2.13. The van der Waals surface area contributed by atoms with Gasteiger partial charge in [-0.1, -0.05) is 70.4 Å². The summed E-state index contributed by atoms with van der Waals surface area (Å²) in [4.78, 5) is 0. The molecule has 0 unspecified atom stereocenters. The van der Waals surface area contributed by atoms with Crippen molar-refractivity contribution in [1.29, 1.82) is 0 Å². The van der Waals surface area contributed by atoms with E-state index in [1.165, 1.54) is 82.4 Å². The minimum Gasteiger partial charge on any atom is -0.491 e. The van der Waals surface area contributed by atoms with Crippen molar-refractivity contribution in [2.75, 3.05) is 6.61 Å². The second-order valence-electron chi connectivity index (χ2n) is 9.54. The van der Waals surface area contributed by atoms with E-state index in [-0.39, 0.29) is 23.5 Å². The Bertz CT molecular complexity index is 871. The molecule has 0 N–H and O–H groups in total. The molecule has 1 saturated carbocycles. The third-order valence-electron chi connectivity index (χ3n) is 7.16. The van der Waals surface area contributed by atoms with Gasteiger partial charge in [0, 0.05) is 11.1 Å². The second kappa shape index (κ2) is 13.1. The number of hydrogen-bond donors (Lipinski definition) is 0. The molecule has 0 saturated heterocycles. The fourth-order valence-electron chi connectivity index (χ4n) is 5.19. The zero-order chi connectivity index (χ0) is 23.6. The first-order valence-electron chi connectivity index (χ1n) is 13.0. The minimum atomic E-state index is -1.07. The molecule has 1 nitrogen and oxygen atoms in total. The van der Waals surface area contributed by atoms with Crippen LogP contribution in [0.25, 0.3) is 11.1 Å². The smallest absolute Gasteiger partial charge is 0.201 e. The summed E-state index contributed by atoms with van der Waals surface area (Å²) in [6.07, 6.45) is 15.3. The van der Waals surface area contributed by atoms with Crippen LogP contribution in [0.5, 0.6) is 5.75 Å². The Labute approximate surface area is 197 Å². The van der Waals surface area contributed by atoms with Crippen molar-refractivity contribution in [2.45, 2.75) is 96.8 Å². The minimum absolute atomic E-state index is 0.0709. The van der Waals surface area contributed by atoms with Crippen LogP contribution in [0.15, 0.2) is 30.3 Å². The van der Waals surface area contributed by atoms with Gasteiger partial charge in [0.2, 0.25) is 5.82 Å². The normalized spacial score (nSPS) is 18.5. The van der Waals surface area contributed by atoms with Crippen LogP contribution in [0.2, 0.25) is 0 Å². The van der Waals surface area contributed by atoms with Gasteiger partial charge < -0.3 is 4.74 Å². The number of rotatable bonds is 12. The van der Waals surface area contributed by atoms with E-state index in [2.05, 4.69) is 6.92 Å². The highest BCUT2D eigenvalue weighted by Crippen LogP contribution is 2.39. The topological polar surface area (TPSA) is 9.23 Å². The predicted molar refractivity (Wildman–Crippen MR) is 130 cm³/mol. The van der Waals surface area contributed by atoms with E-state index in [0.717, 1.165) is 24.3 Å². The maximum absolute atomic E-state index is 14.9. The van der Waals surface area contributed by atoms with E-state index in [0.29, 0.717) is 5.92 Å². The lowest BCUT2D eigenvalue weighted by Gasteiger charge is -2.29. The molecule has 0 aromatic heterocycles. The van der Waals surface area contributed by atoms with E-state index in [1.54, 1.807) is 13.0 Å². The highest BCUT2D eigenvalue weighted by molar-refractivity contribution is 5.66. The van der Waals surface area contributed by atoms with Gasteiger partial charge in [0.15, 0.2) is 11.6 Å². The standard InChI is InChI=1S/C29H39F3O/c1-3-5-6-7-8-9-10-11-21-12-14-22(15-13-21)23-16-17-24(26(30)20-23)25-18-19-27(33-4-2)29(32)28(25)31/h16-22H,3-15H2,1-2H3. The fraction of sp³-hybridized carbons (Fsp3) is 0.586. The molecule has 0 amide bonds. The molecule has 0 bridgehead atoms. The highest BCUT2D eigenvalue weighted by Gasteiger charge is 2.24. The maximum atomic E-state index is 14.9. The molecule has 0 spiro atoms. The first kappa shape index (κ1) is 25.6. The number of halogens is 3. The Morgan fingerprint density at radius 3 is 2.09 bits per heavy atom. The largest absolute Gasteiger partial charge is 0.491 e. The molecule has 0 heterocycles. The average molecular weight is 461 g/mol. The molecule has 33 heavy (non-hydrogen) atoms.